The zero-order valence-corrected chi connectivity index (χ0v) is 44.5. The van der Waals surface area contributed by atoms with Crippen LogP contribution in [0.4, 0.5) is 10.1 Å². The monoisotopic (exact) mass is 1060 g/mol. The van der Waals surface area contributed by atoms with Crippen molar-refractivity contribution in [1.29, 1.82) is 5.26 Å². The Bertz CT molecular complexity index is 3110. The van der Waals surface area contributed by atoms with Gasteiger partial charge in [-0.15, -0.1) is 21.5 Å². The second kappa shape index (κ2) is 22.5. The lowest BCUT2D eigenvalue weighted by atomic mass is 9.85. The molecule has 4 amide bonds. The number of nitriles is 1. The number of rotatable bonds is 19. The van der Waals surface area contributed by atoms with Crippen molar-refractivity contribution in [3.63, 3.8) is 0 Å². The number of ether oxygens (including phenoxy) is 1. The lowest BCUT2D eigenvalue weighted by molar-refractivity contribution is -0.145. The third-order valence-electron chi connectivity index (χ3n) is 14.4. The fourth-order valence-corrected chi connectivity index (χ4v) is 11.7. The number of thiazole rings is 1. The molecule has 5 N–H and O–H groups in total. The molecule has 3 aliphatic rings. The number of alkyl halides is 1. The Labute approximate surface area is 442 Å². The highest BCUT2D eigenvalue weighted by molar-refractivity contribution is 7.14. The summed E-state index contributed by atoms with van der Waals surface area (Å²) in [6, 6.07) is 13.5. The van der Waals surface area contributed by atoms with Crippen LogP contribution in [0.15, 0.2) is 60.4 Å². The number of aromatic nitrogens is 6. The summed E-state index contributed by atoms with van der Waals surface area (Å²) in [5.74, 6) is -0.970. The van der Waals surface area contributed by atoms with Crippen molar-refractivity contribution < 1.29 is 33.4 Å². The Hall–Kier alpha value is -6.89. The first-order chi connectivity index (χ1) is 36.0. The average molecular weight is 1060 g/mol. The number of fused-ring (bicyclic) bond motifs is 1. The van der Waals surface area contributed by atoms with E-state index >= 15 is 0 Å². The quantitative estimate of drug-likeness (QED) is 0.0490. The number of nitrogens with zero attached hydrogens (tertiary/aromatic N) is 8. The van der Waals surface area contributed by atoms with Gasteiger partial charge in [0.05, 0.1) is 63.0 Å². The number of hydrogen-bond donors (Lipinski definition) is 5. The number of pyridine rings is 1. The maximum Gasteiger partial charge on any atom is 0.258 e. The molecule has 3 fully saturated rings. The van der Waals surface area contributed by atoms with Gasteiger partial charge in [0.25, 0.3) is 5.91 Å². The lowest BCUT2D eigenvalue weighted by Crippen LogP contribution is -2.59. The molecule has 0 bridgehead atoms. The minimum Gasteiger partial charge on any atom is -0.493 e. The van der Waals surface area contributed by atoms with Crippen LogP contribution in [-0.4, -0.2) is 114 Å². The number of unbranched alkanes of at least 4 members (excludes halogenated alkanes) is 2. The molecule has 1 aliphatic heterocycles. The molecule has 0 spiro atoms. The van der Waals surface area contributed by atoms with E-state index in [1.54, 1.807) is 54.4 Å². The first-order valence-corrected chi connectivity index (χ1v) is 27.3. The fourth-order valence-electron chi connectivity index (χ4n) is 9.84. The smallest absolute Gasteiger partial charge is 0.258 e. The van der Waals surface area contributed by atoms with E-state index in [2.05, 4.69) is 47.6 Å². The molecule has 9 rings (SSSR count). The first-order valence-electron chi connectivity index (χ1n) is 25.6. The maximum absolute atomic E-state index is 14.7. The largest absolute Gasteiger partial charge is 0.493 e. The van der Waals surface area contributed by atoms with Crippen LogP contribution < -0.4 is 26.0 Å². The number of carbonyl (C=O) groups is 4. The van der Waals surface area contributed by atoms with Crippen molar-refractivity contribution in [2.75, 3.05) is 25.5 Å². The van der Waals surface area contributed by atoms with Gasteiger partial charge < -0.3 is 36.0 Å². The van der Waals surface area contributed by atoms with Gasteiger partial charge >= 0.3 is 0 Å². The molecule has 18 nitrogen and oxygen atoms in total. The van der Waals surface area contributed by atoms with E-state index in [9.17, 15) is 33.9 Å². The average Bonchev–Trinajstić information content (AvgIpc) is 3.88. The summed E-state index contributed by atoms with van der Waals surface area (Å²) in [5, 5.41) is 47.4. The first kappa shape index (κ1) is 53.0. The van der Waals surface area contributed by atoms with Crippen molar-refractivity contribution in [2.45, 2.75) is 141 Å². The molecule has 6 aromatic rings. The predicted molar refractivity (Wildman–Crippen MR) is 283 cm³/mol. The van der Waals surface area contributed by atoms with Crippen molar-refractivity contribution in [1.82, 2.24) is 50.6 Å². The number of anilines is 1. The summed E-state index contributed by atoms with van der Waals surface area (Å²) in [6.45, 7) is 7.60. The normalized spacial score (nSPS) is 19.5. The topological polar surface area (TPSA) is 242 Å². The summed E-state index contributed by atoms with van der Waals surface area (Å²) in [7, 11) is 1.86. The number of halogens is 1. The van der Waals surface area contributed by atoms with Gasteiger partial charge in [-0.05, 0) is 106 Å². The van der Waals surface area contributed by atoms with Gasteiger partial charge in [-0.2, -0.15) is 10.4 Å². The van der Waals surface area contributed by atoms with Crippen molar-refractivity contribution >= 4 is 57.5 Å². The molecule has 394 valence electrons. The number of likely N-dealkylation sites (tertiary alicyclic amines) is 1. The minimum atomic E-state index is -1.98. The molecule has 3 atom stereocenters. The number of aliphatic hydroxyl groups excluding tert-OH is 1. The van der Waals surface area contributed by atoms with Gasteiger partial charge in [-0.3, -0.25) is 24.2 Å². The van der Waals surface area contributed by atoms with E-state index in [1.165, 1.54) is 22.4 Å². The Morgan fingerprint density at radius 1 is 1.01 bits per heavy atom. The highest BCUT2D eigenvalue weighted by Crippen LogP contribution is 2.42. The molecular weight excluding hydrogens is 996 g/mol. The van der Waals surface area contributed by atoms with Crippen LogP contribution in [0.2, 0.25) is 0 Å². The summed E-state index contributed by atoms with van der Waals surface area (Å²) in [6.07, 6.45) is 8.70. The van der Waals surface area contributed by atoms with Crippen molar-refractivity contribution in [3.8, 4) is 44.2 Å². The van der Waals surface area contributed by atoms with Crippen LogP contribution in [0.1, 0.15) is 119 Å². The summed E-state index contributed by atoms with van der Waals surface area (Å²) < 4.78 is 22.8. The lowest BCUT2D eigenvalue weighted by Gasteiger charge is -2.35. The number of aryl methyl sites for hydroxylation is 1. The minimum absolute atomic E-state index is 0.0174. The van der Waals surface area contributed by atoms with Crippen LogP contribution >= 0.6 is 22.7 Å². The van der Waals surface area contributed by atoms with Crippen LogP contribution in [0.25, 0.3) is 37.9 Å². The number of aliphatic hydroxyl groups is 1. The molecule has 0 unspecified atom stereocenters. The highest BCUT2D eigenvalue weighted by atomic mass is 32.1. The highest BCUT2D eigenvalue weighted by Gasteiger charge is 2.53. The molecule has 21 heteroatoms. The second-order valence-electron chi connectivity index (χ2n) is 20.9. The van der Waals surface area contributed by atoms with E-state index < -0.39 is 47.0 Å². The number of β-amino-alcohol motifs (C(OH)–C–C–N with tert-alkyl or cyclic N) is 1. The number of amides is 4. The molecule has 2 saturated carbocycles. The molecule has 5 aromatic heterocycles. The van der Waals surface area contributed by atoms with Gasteiger partial charge in [0.2, 0.25) is 17.7 Å². The van der Waals surface area contributed by atoms with E-state index in [-0.39, 0.29) is 50.2 Å². The Kier molecular flexibility index (Phi) is 15.9. The van der Waals surface area contributed by atoms with Crippen LogP contribution in [-0.2, 0) is 25.7 Å². The molecule has 1 aromatic carbocycles. The zero-order chi connectivity index (χ0) is 53.0. The van der Waals surface area contributed by atoms with Crippen LogP contribution in [0, 0.1) is 23.7 Å². The standard InChI is InChI=1S/C54H63FN12O6S2/c1-31-46(74-30-60-31)34-10-11-35(27-59-48(70)43-23-38(68)29-66(43)51(71)47(53(2,3)4)63-52(72)54(55)18-19-54)44(22-34)73-20-8-6-7-9-45(69)62-36-14-12-33(13-15-36)49-64-65-50(75-49)39-28-58-41(24-40(39)57-5)42-17-16-37-21-32(25-56)26-61-67(37)42/h10-11,16-17,21-22,24,26,28,30,33,36,38,43,47,68H,6-9,12-15,18-20,23,27,29H2,1-5H3,(H,57,58)(H,59,70)(H,62,69)(H,63,72)/t33-,36-,38-,43+,47-/m1/s1. The van der Waals surface area contributed by atoms with Crippen LogP contribution in [0.5, 0.6) is 5.75 Å². The number of benzene rings is 1. The molecule has 75 heavy (non-hydrogen) atoms. The van der Waals surface area contributed by atoms with E-state index in [0.29, 0.717) is 42.7 Å². The molecule has 0 radical (unpaired) electrons. The predicted octanol–water partition coefficient (Wildman–Crippen LogP) is 7.65. The van der Waals surface area contributed by atoms with Gasteiger partial charge in [0, 0.05) is 62.4 Å². The fraction of sp³-hybridized carbons (Fsp3) is 0.481. The SMILES string of the molecule is CNc1cc(-c2ccc3cc(C#N)cnn23)ncc1-c1nnc([C@H]2CC[C@H](NC(=O)CCCCCOc3cc(-c4scnc4C)ccc3CNC(=O)[C@@H]3C[C@@H](O)CN3C(=O)[C@@H](NC(=O)C3(F)CC3)C(C)(C)C)CC2)s1. The van der Waals surface area contributed by atoms with Crippen molar-refractivity contribution in [2.24, 2.45) is 5.41 Å². The molecular formula is C54H63FN12O6S2. The van der Waals surface area contributed by atoms with Crippen LogP contribution in [0.3, 0.4) is 0 Å². The van der Waals surface area contributed by atoms with Gasteiger partial charge in [-0.25, -0.2) is 13.9 Å². The summed E-state index contributed by atoms with van der Waals surface area (Å²) in [5.41, 5.74) is 6.10. The van der Waals surface area contributed by atoms with E-state index in [0.717, 1.165) is 86.4 Å². The maximum atomic E-state index is 14.7. The number of hydrogen-bond acceptors (Lipinski definition) is 15. The zero-order valence-electron chi connectivity index (χ0n) is 42.8. The third kappa shape index (κ3) is 12.1. The van der Waals surface area contributed by atoms with E-state index in [1.807, 2.05) is 50.4 Å². The Morgan fingerprint density at radius 3 is 2.53 bits per heavy atom. The van der Waals surface area contributed by atoms with Crippen molar-refractivity contribution in [3.05, 3.63) is 82.2 Å². The van der Waals surface area contributed by atoms with Gasteiger partial charge in [-0.1, -0.05) is 44.2 Å². The second-order valence-corrected chi connectivity index (χ2v) is 22.8. The third-order valence-corrected chi connectivity index (χ3v) is 16.5. The Morgan fingerprint density at radius 2 is 1.81 bits per heavy atom. The van der Waals surface area contributed by atoms with Gasteiger partial charge in [0.1, 0.15) is 28.9 Å². The molecule has 1 saturated heterocycles. The Balaban J connectivity index is 0.734. The number of carbonyl (C=O) groups excluding carboxylic acids is 4. The molecule has 6 heterocycles. The summed E-state index contributed by atoms with van der Waals surface area (Å²) in [4.78, 5) is 65.1. The van der Waals surface area contributed by atoms with Gasteiger partial charge in [0.15, 0.2) is 10.7 Å². The van der Waals surface area contributed by atoms with E-state index in [4.69, 9.17) is 9.72 Å². The summed E-state index contributed by atoms with van der Waals surface area (Å²) >= 11 is 3.09. The number of nitrogens with one attached hydrogen (secondary N) is 4. The molecule has 2 aliphatic carbocycles.